The van der Waals surface area contributed by atoms with Gasteiger partial charge in [0.2, 0.25) is 0 Å². The number of para-hydroxylation sites is 1. The van der Waals surface area contributed by atoms with Crippen molar-refractivity contribution < 1.29 is 4.74 Å². The summed E-state index contributed by atoms with van der Waals surface area (Å²) < 4.78 is 5.69. The van der Waals surface area contributed by atoms with E-state index in [0.717, 1.165) is 30.1 Å². The molecule has 4 heteroatoms. The first-order valence-electron chi connectivity index (χ1n) is 7.12. The summed E-state index contributed by atoms with van der Waals surface area (Å²) in [6.45, 7) is 5.98. The molecule has 2 aromatic rings. The van der Waals surface area contributed by atoms with E-state index in [-0.39, 0.29) is 0 Å². The van der Waals surface area contributed by atoms with Crippen LogP contribution in [0.3, 0.4) is 0 Å². The van der Waals surface area contributed by atoms with Gasteiger partial charge in [0, 0.05) is 30.1 Å². The van der Waals surface area contributed by atoms with Crippen molar-refractivity contribution in [1.82, 2.24) is 10.3 Å². The first-order valence-corrected chi connectivity index (χ1v) is 7.94. The van der Waals surface area contributed by atoms with Crippen molar-refractivity contribution in [3.05, 3.63) is 46.4 Å². The average molecular weight is 290 g/mol. The van der Waals surface area contributed by atoms with E-state index in [9.17, 15) is 0 Å². The first kappa shape index (κ1) is 15.0. The number of benzene rings is 1. The lowest BCUT2D eigenvalue weighted by molar-refractivity contribution is 0.322. The molecular weight excluding hydrogens is 268 g/mol. The molecule has 1 N–H and O–H groups in total. The fourth-order valence-electron chi connectivity index (χ4n) is 1.74. The van der Waals surface area contributed by atoms with Gasteiger partial charge in [0.25, 0.3) is 0 Å². The number of nitrogens with zero attached hydrogens (tertiary/aromatic N) is 1. The molecule has 0 radical (unpaired) electrons. The van der Waals surface area contributed by atoms with Crippen molar-refractivity contribution >= 4 is 11.3 Å². The van der Waals surface area contributed by atoms with Crippen LogP contribution in [0.5, 0.6) is 5.75 Å². The number of hydrogen-bond acceptors (Lipinski definition) is 4. The Morgan fingerprint density at radius 2 is 2.10 bits per heavy atom. The molecule has 0 bridgehead atoms. The highest BCUT2D eigenvalue weighted by Gasteiger charge is 2.04. The van der Waals surface area contributed by atoms with E-state index >= 15 is 0 Å². The molecule has 108 valence electrons. The summed E-state index contributed by atoms with van der Waals surface area (Å²) >= 11 is 1.77. The Morgan fingerprint density at radius 3 is 2.85 bits per heavy atom. The third kappa shape index (κ3) is 4.94. The zero-order chi connectivity index (χ0) is 14.2. The minimum Gasteiger partial charge on any atom is -0.493 e. The van der Waals surface area contributed by atoms with Crippen molar-refractivity contribution in [2.75, 3.05) is 6.61 Å². The zero-order valence-electron chi connectivity index (χ0n) is 12.1. The summed E-state index contributed by atoms with van der Waals surface area (Å²) in [5.41, 5.74) is 0. The van der Waals surface area contributed by atoms with Gasteiger partial charge in [0.1, 0.15) is 5.75 Å². The molecule has 0 aliphatic heterocycles. The van der Waals surface area contributed by atoms with E-state index in [4.69, 9.17) is 4.74 Å². The van der Waals surface area contributed by atoms with Crippen LogP contribution in [-0.2, 0) is 13.0 Å². The normalized spacial score (nSPS) is 12.3. The number of rotatable bonds is 8. The predicted molar refractivity (Wildman–Crippen MR) is 84.3 cm³/mol. The molecule has 0 spiro atoms. The lowest BCUT2D eigenvalue weighted by Crippen LogP contribution is -2.23. The molecule has 2 rings (SSSR count). The highest BCUT2D eigenvalue weighted by Crippen LogP contribution is 2.15. The SMILES string of the molecule is CCC(C)NCc1cnc(CCOc2ccccc2)s1. The van der Waals surface area contributed by atoms with Gasteiger partial charge in [0.05, 0.1) is 11.6 Å². The lowest BCUT2D eigenvalue weighted by atomic mass is 10.2. The van der Waals surface area contributed by atoms with E-state index in [0.29, 0.717) is 12.6 Å². The molecule has 1 heterocycles. The van der Waals surface area contributed by atoms with Crippen molar-refractivity contribution in [2.45, 2.75) is 39.3 Å². The van der Waals surface area contributed by atoms with Gasteiger partial charge in [-0.05, 0) is 25.5 Å². The van der Waals surface area contributed by atoms with Crippen LogP contribution in [0.15, 0.2) is 36.5 Å². The molecule has 1 aromatic carbocycles. The van der Waals surface area contributed by atoms with E-state index in [1.54, 1.807) is 11.3 Å². The van der Waals surface area contributed by atoms with Crippen LogP contribution < -0.4 is 10.1 Å². The molecule has 1 aromatic heterocycles. The summed E-state index contributed by atoms with van der Waals surface area (Å²) in [6, 6.07) is 10.5. The summed E-state index contributed by atoms with van der Waals surface area (Å²) in [5, 5.41) is 4.62. The van der Waals surface area contributed by atoms with Crippen LogP contribution in [0.25, 0.3) is 0 Å². The number of nitrogens with one attached hydrogen (secondary N) is 1. The van der Waals surface area contributed by atoms with Gasteiger partial charge in [-0.1, -0.05) is 25.1 Å². The van der Waals surface area contributed by atoms with E-state index in [1.807, 2.05) is 36.5 Å². The Bertz CT molecular complexity index is 498. The molecule has 0 aliphatic carbocycles. The van der Waals surface area contributed by atoms with Crippen LogP contribution in [0.4, 0.5) is 0 Å². The summed E-state index contributed by atoms with van der Waals surface area (Å²) in [4.78, 5) is 5.74. The molecular formula is C16H22N2OS. The van der Waals surface area contributed by atoms with Crippen molar-refractivity contribution in [3.63, 3.8) is 0 Å². The smallest absolute Gasteiger partial charge is 0.119 e. The molecule has 0 fully saturated rings. The maximum Gasteiger partial charge on any atom is 0.119 e. The number of hydrogen-bond donors (Lipinski definition) is 1. The number of thiazole rings is 1. The van der Waals surface area contributed by atoms with Crippen molar-refractivity contribution in [2.24, 2.45) is 0 Å². The van der Waals surface area contributed by atoms with Gasteiger partial charge in [-0.15, -0.1) is 11.3 Å². The van der Waals surface area contributed by atoms with Crippen LogP contribution in [-0.4, -0.2) is 17.6 Å². The van der Waals surface area contributed by atoms with Gasteiger partial charge in [0.15, 0.2) is 0 Å². The van der Waals surface area contributed by atoms with Gasteiger partial charge in [-0.3, -0.25) is 0 Å². The highest BCUT2D eigenvalue weighted by molar-refractivity contribution is 7.11. The highest BCUT2D eigenvalue weighted by atomic mass is 32.1. The van der Waals surface area contributed by atoms with Crippen molar-refractivity contribution in [3.8, 4) is 5.75 Å². The predicted octanol–water partition coefficient (Wildman–Crippen LogP) is 3.65. The van der Waals surface area contributed by atoms with Gasteiger partial charge in [-0.25, -0.2) is 4.98 Å². The molecule has 0 saturated carbocycles. The van der Waals surface area contributed by atoms with E-state index < -0.39 is 0 Å². The Kier molecular flexibility index (Phi) is 6.02. The van der Waals surface area contributed by atoms with Crippen LogP contribution in [0.1, 0.15) is 30.2 Å². The van der Waals surface area contributed by atoms with Crippen LogP contribution in [0.2, 0.25) is 0 Å². The van der Waals surface area contributed by atoms with Crippen LogP contribution in [0, 0.1) is 0 Å². The van der Waals surface area contributed by atoms with E-state index in [1.165, 1.54) is 4.88 Å². The molecule has 0 aliphatic rings. The van der Waals surface area contributed by atoms with Gasteiger partial charge < -0.3 is 10.1 Å². The molecule has 20 heavy (non-hydrogen) atoms. The third-order valence-electron chi connectivity index (χ3n) is 3.17. The Labute approximate surface area is 125 Å². The zero-order valence-corrected chi connectivity index (χ0v) is 13.0. The standard InChI is InChI=1S/C16H22N2OS/c1-3-13(2)17-11-15-12-18-16(20-15)9-10-19-14-7-5-4-6-8-14/h4-8,12-13,17H,3,9-11H2,1-2H3. The molecule has 0 saturated heterocycles. The second kappa shape index (κ2) is 8.02. The Morgan fingerprint density at radius 1 is 1.30 bits per heavy atom. The Balaban J connectivity index is 1.73. The molecule has 1 atom stereocenters. The lowest BCUT2D eigenvalue weighted by Gasteiger charge is -2.08. The fourth-order valence-corrected chi connectivity index (χ4v) is 2.59. The summed E-state index contributed by atoms with van der Waals surface area (Å²) in [7, 11) is 0. The van der Waals surface area contributed by atoms with E-state index in [2.05, 4.69) is 24.1 Å². The van der Waals surface area contributed by atoms with Gasteiger partial charge >= 0.3 is 0 Å². The second-order valence-electron chi connectivity index (χ2n) is 4.82. The van der Waals surface area contributed by atoms with Crippen molar-refractivity contribution in [1.29, 1.82) is 0 Å². The number of aromatic nitrogens is 1. The Hall–Kier alpha value is -1.39. The summed E-state index contributed by atoms with van der Waals surface area (Å²) in [5.74, 6) is 0.919. The topological polar surface area (TPSA) is 34.2 Å². The monoisotopic (exact) mass is 290 g/mol. The summed E-state index contributed by atoms with van der Waals surface area (Å²) in [6.07, 6.45) is 3.98. The first-order chi connectivity index (χ1) is 9.78. The maximum atomic E-state index is 5.69. The average Bonchev–Trinajstić information content (AvgIpc) is 2.94. The fraction of sp³-hybridized carbons (Fsp3) is 0.438. The maximum absolute atomic E-state index is 5.69. The molecule has 0 amide bonds. The number of ether oxygens (including phenoxy) is 1. The quantitative estimate of drug-likeness (QED) is 0.805. The van der Waals surface area contributed by atoms with Crippen LogP contribution >= 0.6 is 11.3 Å². The minimum absolute atomic E-state index is 0.557. The molecule has 3 nitrogen and oxygen atoms in total. The minimum atomic E-state index is 0.557. The largest absolute Gasteiger partial charge is 0.493 e. The third-order valence-corrected chi connectivity index (χ3v) is 4.22. The van der Waals surface area contributed by atoms with Gasteiger partial charge in [-0.2, -0.15) is 0 Å². The molecule has 1 unspecified atom stereocenters. The second-order valence-corrected chi connectivity index (χ2v) is 6.02.